The number of rotatable bonds is 9. The highest BCUT2D eigenvalue weighted by Gasteiger charge is 2.11. The van der Waals surface area contributed by atoms with Crippen molar-refractivity contribution in [3.8, 4) is 11.5 Å². The second-order valence-corrected chi connectivity index (χ2v) is 5.48. The molecule has 1 aromatic carbocycles. The Bertz CT molecular complexity index is 388. The molecule has 0 bridgehead atoms. The summed E-state index contributed by atoms with van der Waals surface area (Å²) in [6.07, 6.45) is 3.09. The van der Waals surface area contributed by atoms with Gasteiger partial charge in [0.1, 0.15) is 0 Å². The molecular weight excluding hydrogens is 282 g/mol. The van der Waals surface area contributed by atoms with Gasteiger partial charge < -0.3 is 14.8 Å². The van der Waals surface area contributed by atoms with E-state index in [1.165, 1.54) is 0 Å². The number of benzene rings is 1. The van der Waals surface area contributed by atoms with E-state index in [4.69, 9.17) is 21.1 Å². The number of hydrogen-bond acceptors (Lipinski definition) is 4. The van der Waals surface area contributed by atoms with Crippen molar-refractivity contribution in [1.82, 2.24) is 5.32 Å². The van der Waals surface area contributed by atoms with E-state index < -0.39 is 0 Å². The molecule has 3 nitrogen and oxygen atoms in total. The third kappa shape index (κ3) is 5.51. The smallest absolute Gasteiger partial charge is 0.179 e. The van der Waals surface area contributed by atoms with E-state index in [9.17, 15) is 0 Å². The highest BCUT2D eigenvalue weighted by Crippen LogP contribution is 2.36. The van der Waals surface area contributed by atoms with Gasteiger partial charge >= 0.3 is 0 Å². The van der Waals surface area contributed by atoms with E-state index >= 15 is 0 Å². The van der Waals surface area contributed by atoms with E-state index in [1.807, 2.05) is 23.9 Å². The second kappa shape index (κ2) is 9.34. The first-order valence-electron chi connectivity index (χ1n) is 6.41. The molecule has 0 aliphatic carbocycles. The first-order valence-corrected chi connectivity index (χ1v) is 8.19. The fourth-order valence-electron chi connectivity index (χ4n) is 1.66. The van der Waals surface area contributed by atoms with Crippen LogP contribution in [0.3, 0.4) is 0 Å². The van der Waals surface area contributed by atoms with E-state index in [0.29, 0.717) is 23.1 Å². The molecule has 108 valence electrons. The maximum absolute atomic E-state index is 6.27. The van der Waals surface area contributed by atoms with Gasteiger partial charge in [-0.05, 0) is 42.7 Å². The minimum absolute atomic E-state index is 0.608. The average molecular weight is 304 g/mol. The lowest BCUT2D eigenvalue weighted by Gasteiger charge is -2.14. The summed E-state index contributed by atoms with van der Waals surface area (Å²) in [4.78, 5) is 0. The quantitative estimate of drug-likeness (QED) is 0.706. The van der Waals surface area contributed by atoms with E-state index in [-0.39, 0.29) is 0 Å². The Morgan fingerprint density at radius 2 is 2.16 bits per heavy atom. The zero-order valence-electron chi connectivity index (χ0n) is 11.8. The topological polar surface area (TPSA) is 30.5 Å². The van der Waals surface area contributed by atoms with Crippen LogP contribution >= 0.6 is 23.4 Å². The number of methoxy groups -OCH3 is 1. The molecule has 1 N–H and O–H groups in total. The minimum atomic E-state index is 0.608. The van der Waals surface area contributed by atoms with Gasteiger partial charge in [0, 0.05) is 6.54 Å². The lowest BCUT2D eigenvalue weighted by Crippen LogP contribution is -2.12. The number of thioether (sulfide) groups is 1. The number of nitrogens with one attached hydrogen (secondary N) is 1. The van der Waals surface area contributed by atoms with Crippen molar-refractivity contribution < 1.29 is 9.47 Å². The number of halogens is 1. The van der Waals surface area contributed by atoms with Crippen LogP contribution in [0.1, 0.15) is 18.9 Å². The van der Waals surface area contributed by atoms with Gasteiger partial charge in [-0.25, -0.2) is 0 Å². The summed E-state index contributed by atoms with van der Waals surface area (Å²) in [6, 6.07) is 3.90. The Hall–Kier alpha value is -0.580. The molecule has 0 aliphatic rings. The molecule has 0 aromatic heterocycles. The fourth-order valence-corrected chi connectivity index (χ4v) is 2.36. The maximum Gasteiger partial charge on any atom is 0.179 e. The van der Waals surface area contributed by atoms with Crippen LogP contribution in [-0.2, 0) is 6.54 Å². The summed E-state index contributed by atoms with van der Waals surface area (Å²) in [5.41, 5.74) is 1.10. The average Bonchev–Trinajstić information content (AvgIpc) is 2.42. The fraction of sp³-hybridized carbons (Fsp3) is 0.571. The van der Waals surface area contributed by atoms with Crippen LogP contribution in [0.15, 0.2) is 12.1 Å². The number of ether oxygens (including phenoxy) is 2. The maximum atomic E-state index is 6.27. The van der Waals surface area contributed by atoms with Crippen molar-refractivity contribution >= 4 is 23.4 Å². The zero-order valence-corrected chi connectivity index (χ0v) is 13.4. The molecule has 0 atom stereocenters. The Labute approximate surface area is 125 Å². The summed E-state index contributed by atoms with van der Waals surface area (Å²) in [5.74, 6) is 2.42. The van der Waals surface area contributed by atoms with Gasteiger partial charge in [0.25, 0.3) is 0 Å². The summed E-state index contributed by atoms with van der Waals surface area (Å²) in [5, 5.41) is 3.87. The van der Waals surface area contributed by atoms with Crippen molar-refractivity contribution in [2.75, 3.05) is 32.3 Å². The summed E-state index contributed by atoms with van der Waals surface area (Å²) in [7, 11) is 1.64. The van der Waals surface area contributed by atoms with Crippen LogP contribution in [0, 0.1) is 0 Å². The monoisotopic (exact) mass is 303 g/mol. The minimum Gasteiger partial charge on any atom is -0.493 e. The third-order valence-electron chi connectivity index (χ3n) is 2.61. The van der Waals surface area contributed by atoms with Gasteiger partial charge in [0.15, 0.2) is 11.5 Å². The number of hydrogen-bond donors (Lipinski definition) is 1. The lowest BCUT2D eigenvalue weighted by atomic mass is 10.2. The van der Waals surface area contributed by atoms with Gasteiger partial charge in [-0.15, -0.1) is 0 Å². The standard InChI is InChI=1S/C14H22ClNO2S/c1-4-16-10-11-8-12(15)14(13(9-11)17-2)18-6-5-7-19-3/h8-9,16H,4-7,10H2,1-3H3. The first kappa shape index (κ1) is 16.5. The van der Waals surface area contributed by atoms with Crippen LogP contribution < -0.4 is 14.8 Å². The Kier molecular flexibility index (Phi) is 8.10. The summed E-state index contributed by atoms with van der Waals surface area (Å²) >= 11 is 8.08. The van der Waals surface area contributed by atoms with E-state index in [1.54, 1.807) is 7.11 Å². The van der Waals surface area contributed by atoms with Crippen molar-refractivity contribution in [2.24, 2.45) is 0 Å². The van der Waals surface area contributed by atoms with Crippen LogP contribution in [0.5, 0.6) is 11.5 Å². The second-order valence-electron chi connectivity index (χ2n) is 4.08. The molecule has 0 amide bonds. The van der Waals surface area contributed by atoms with Crippen molar-refractivity contribution in [3.63, 3.8) is 0 Å². The Morgan fingerprint density at radius 3 is 2.79 bits per heavy atom. The van der Waals surface area contributed by atoms with Crippen LogP contribution in [0.4, 0.5) is 0 Å². The normalized spacial score (nSPS) is 10.5. The van der Waals surface area contributed by atoms with Gasteiger partial charge in [0.2, 0.25) is 0 Å². The zero-order chi connectivity index (χ0) is 14.1. The van der Waals surface area contributed by atoms with Crippen molar-refractivity contribution in [2.45, 2.75) is 19.9 Å². The molecule has 0 saturated heterocycles. The molecule has 1 aromatic rings. The molecule has 0 spiro atoms. The first-order chi connectivity index (χ1) is 9.22. The van der Waals surface area contributed by atoms with Crippen molar-refractivity contribution in [1.29, 1.82) is 0 Å². The molecular formula is C14H22ClNO2S. The summed E-state index contributed by atoms with van der Waals surface area (Å²) < 4.78 is 11.1. The highest BCUT2D eigenvalue weighted by atomic mass is 35.5. The van der Waals surface area contributed by atoms with E-state index in [2.05, 4.69) is 18.5 Å². The van der Waals surface area contributed by atoms with Crippen LogP contribution in [-0.4, -0.2) is 32.3 Å². The molecule has 0 aliphatic heterocycles. The van der Waals surface area contributed by atoms with Gasteiger partial charge in [0.05, 0.1) is 18.7 Å². The molecule has 0 saturated carbocycles. The Balaban J connectivity index is 2.73. The molecule has 0 fully saturated rings. The van der Waals surface area contributed by atoms with Crippen LogP contribution in [0.25, 0.3) is 0 Å². The predicted octanol–water partition coefficient (Wildman–Crippen LogP) is 3.59. The molecule has 5 heteroatoms. The highest BCUT2D eigenvalue weighted by molar-refractivity contribution is 7.98. The SMILES string of the molecule is CCNCc1cc(Cl)c(OCCCSC)c(OC)c1. The molecule has 19 heavy (non-hydrogen) atoms. The molecule has 0 heterocycles. The molecule has 0 radical (unpaired) electrons. The third-order valence-corrected chi connectivity index (χ3v) is 3.59. The van der Waals surface area contributed by atoms with Gasteiger partial charge in [-0.1, -0.05) is 18.5 Å². The van der Waals surface area contributed by atoms with Gasteiger partial charge in [-0.3, -0.25) is 0 Å². The lowest BCUT2D eigenvalue weighted by molar-refractivity contribution is 0.295. The summed E-state index contributed by atoms with van der Waals surface area (Å²) in [6.45, 7) is 4.43. The molecule has 1 rings (SSSR count). The Morgan fingerprint density at radius 1 is 1.37 bits per heavy atom. The van der Waals surface area contributed by atoms with E-state index in [0.717, 1.165) is 30.8 Å². The largest absolute Gasteiger partial charge is 0.493 e. The van der Waals surface area contributed by atoms with Crippen molar-refractivity contribution in [3.05, 3.63) is 22.7 Å². The van der Waals surface area contributed by atoms with Gasteiger partial charge in [-0.2, -0.15) is 11.8 Å². The predicted molar refractivity (Wildman–Crippen MR) is 83.9 cm³/mol. The molecule has 0 unspecified atom stereocenters. The van der Waals surface area contributed by atoms with Crippen LogP contribution in [0.2, 0.25) is 5.02 Å².